The van der Waals surface area contributed by atoms with Gasteiger partial charge in [0.05, 0.1) is 30.6 Å². The van der Waals surface area contributed by atoms with Crippen molar-refractivity contribution < 1.29 is 14.3 Å². The van der Waals surface area contributed by atoms with Crippen molar-refractivity contribution in [3.63, 3.8) is 0 Å². The van der Waals surface area contributed by atoms with Crippen LogP contribution in [0.25, 0.3) is 0 Å². The summed E-state index contributed by atoms with van der Waals surface area (Å²) in [6.45, 7) is 3.22. The van der Waals surface area contributed by atoms with Crippen LogP contribution in [0.2, 0.25) is 0 Å². The normalized spacial score (nSPS) is 10.1. The maximum absolute atomic E-state index is 11.3. The molecule has 0 saturated heterocycles. The van der Waals surface area contributed by atoms with Gasteiger partial charge in [-0.1, -0.05) is 0 Å². The summed E-state index contributed by atoms with van der Waals surface area (Å²) in [7, 11) is 0. The molecule has 0 bridgehead atoms. The van der Waals surface area contributed by atoms with Crippen LogP contribution >= 0.6 is 0 Å². The van der Waals surface area contributed by atoms with Gasteiger partial charge in [0, 0.05) is 6.61 Å². The Bertz CT molecular complexity index is 325. The summed E-state index contributed by atoms with van der Waals surface area (Å²) in [5.41, 5.74) is 6.70. The second kappa shape index (κ2) is 6.79. The van der Waals surface area contributed by atoms with E-state index in [9.17, 15) is 4.79 Å². The first-order chi connectivity index (χ1) is 7.72. The Labute approximate surface area is 94.6 Å². The van der Waals surface area contributed by atoms with Crippen molar-refractivity contribution in [3.05, 3.63) is 24.0 Å². The fourth-order valence-electron chi connectivity index (χ4n) is 1.10. The van der Waals surface area contributed by atoms with E-state index < -0.39 is 0 Å². The number of esters is 1. The molecule has 88 valence electrons. The number of rotatable bonds is 6. The van der Waals surface area contributed by atoms with E-state index in [1.807, 2.05) is 6.92 Å². The highest BCUT2D eigenvalue weighted by Gasteiger charge is 2.05. The molecule has 1 heterocycles. The lowest BCUT2D eigenvalue weighted by molar-refractivity contribution is -0.144. The van der Waals surface area contributed by atoms with Crippen LogP contribution in [0, 0.1) is 0 Å². The minimum Gasteiger partial charge on any atom is -0.463 e. The molecular weight excluding hydrogens is 208 g/mol. The van der Waals surface area contributed by atoms with Crippen molar-refractivity contribution in [2.24, 2.45) is 0 Å². The molecule has 0 saturated carbocycles. The summed E-state index contributed by atoms with van der Waals surface area (Å²) in [5, 5.41) is 0. The fraction of sp³-hybridized carbons (Fsp3) is 0.455. The average molecular weight is 224 g/mol. The highest BCUT2D eigenvalue weighted by Crippen LogP contribution is 2.02. The number of aromatic nitrogens is 1. The number of nitrogens with zero attached hydrogens (tertiary/aromatic N) is 1. The Morgan fingerprint density at radius 2 is 2.25 bits per heavy atom. The van der Waals surface area contributed by atoms with Crippen molar-refractivity contribution in [2.45, 2.75) is 13.3 Å². The smallest absolute Gasteiger partial charge is 0.311 e. The van der Waals surface area contributed by atoms with Gasteiger partial charge in [0.25, 0.3) is 0 Å². The van der Waals surface area contributed by atoms with E-state index in [1.165, 1.54) is 6.20 Å². The first-order valence-electron chi connectivity index (χ1n) is 5.16. The molecule has 16 heavy (non-hydrogen) atoms. The molecule has 0 aliphatic heterocycles. The Kier molecular flexibility index (Phi) is 5.28. The summed E-state index contributed by atoms with van der Waals surface area (Å²) in [5.74, 6) is -0.308. The van der Waals surface area contributed by atoms with Gasteiger partial charge < -0.3 is 15.2 Å². The van der Waals surface area contributed by atoms with Gasteiger partial charge in [0.1, 0.15) is 6.61 Å². The second-order valence-corrected chi connectivity index (χ2v) is 3.18. The number of carbonyl (C=O) groups excluding carboxylic acids is 1. The number of pyridine rings is 1. The molecule has 5 nitrogen and oxygen atoms in total. The molecule has 0 fully saturated rings. The van der Waals surface area contributed by atoms with E-state index in [2.05, 4.69) is 4.98 Å². The first kappa shape index (κ1) is 12.4. The van der Waals surface area contributed by atoms with Gasteiger partial charge >= 0.3 is 5.97 Å². The van der Waals surface area contributed by atoms with E-state index >= 15 is 0 Å². The summed E-state index contributed by atoms with van der Waals surface area (Å²) in [6.07, 6.45) is 1.68. The number of anilines is 1. The third kappa shape index (κ3) is 4.75. The van der Waals surface area contributed by atoms with E-state index in [0.717, 1.165) is 0 Å². The Balaban J connectivity index is 2.26. The number of ether oxygens (including phenoxy) is 2. The predicted molar refractivity (Wildman–Crippen MR) is 59.8 cm³/mol. The maximum Gasteiger partial charge on any atom is 0.311 e. The zero-order valence-electron chi connectivity index (χ0n) is 9.31. The number of hydrogen-bond acceptors (Lipinski definition) is 5. The van der Waals surface area contributed by atoms with Crippen LogP contribution in [0.4, 0.5) is 5.69 Å². The summed E-state index contributed by atoms with van der Waals surface area (Å²) < 4.78 is 9.98. The van der Waals surface area contributed by atoms with Crippen molar-refractivity contribution in [2.75, 3.05) is 25.6 Å². The number of hydrogen-bond donors (Lipinski definition) is 1. The molecule has 0 atom stereocenters. The zero-order chi connectivity index (χ0) is 11.8. The molecule has 0 aliphatic rings. The van der Waals surface area contributed by atoms with Crippen molar-refractivity contribution in [1.29, 1.82) is 0 Å². The standard InChI is InChI=1S/C11H16N2O3/c1-2-15-5-6-16-11(14)7-10-4-3-9(12)8-13-10/h3-4,8H,2,5-7,12H2,1H3. The topological polar surface area (TPSA) is 74.4 Å². The van der Waals surface area contributed by atoms with E-state index in [0.29, 0.717) is 24.6 Å². The minimum atomic E-state index is -0.308. The largest absolute Gasteiger partial charge is 0.463 e. The van der Waals surface area contributed by atoms with E-state index in [4.69, 9.17) is 15.2 Å². The first-order valence-corrected chi connectivity index (χ1v) is 5.16. The quantitative estimate of drug-likeness (QED) is 0.571. The van der Waals surface area contributed by atoms with Crippen LogP contribution in [-0.2, 0) is 20.7 Å². The van der Waals surface area contributed by atoms with Gasteiger partial charge in [-0.3, -0.25) is 9.78 Å². The lowest BCUT2D eigenvalue weighted by atomic mass is 10.2. The Morgan fingerprint density at radius 1 is 1.44 bits per heavy atom. The molecule has 1 aromatic rings. The third-order valence-electron chi connectivity index (χ3n) is 1.87. The van der Waals surface area contributed by atoms with E-state index in [1.54, 1.807) is 12.1 Å². The molecule has 0 aromatic carbocycles. The van der Waals surface area contributed by atoms with Gasteiger partial charge in [0.2, 0.25) is 0 Å². The molecule has 0 aliphatic carbocycles. The lowest BCUT2D eigenvalue weighted by Crippen LogP contribution is -2.13. The molecule has 0 amide bonds. The van der Waals surface area contributed by atoms with Gasteiger partial charge in [-0.05, 0) is 19.1 Å². The monoisotopic (exact) mass is 224 g/mol. The average Bonchev–Trinajstić information content (AvgIpc) is 2.28. The van der Waals surface area contributed by atoms with Gasteiger partial charge in [-0.2, -0.15) is 0 Å². The molecule has 5 heteroatoms. The third-order valence-corrected chi connectivity index (χ3v) is 1.87. The number of carbonyl (C=O) groups is 1. The molecule has 2 N–H and O–H groups in total. The molecule has 0 unspecified atom stereocenters. The van der Waals surface area contributed by atoms with Crippen LogP contribution in [0.1, 0.15) is 12.6 Å². The van der Waals surface area contributed by atoms with Gasteiger partial charge in [-0.15, -0.1) is 0 Å². The summed E-state index contributed by atoms with van der Waals surface area (Å²) >= 11 is 0. The van der Waals surface area contributed by atoms with Gasteiger partial charge in [-0.25, -0.2) is 0 Å². The maximum atomic E-state index is 11.3. The highest BCUT2D eigenvalue weighted by molar-refractivity contribution is 5.72. The van der Waals surface area contributed by atoms with Gasteiger partial charge in [0.15, 0.2) is 0 Å². The van der Waals surface area contributed by atoms with E-state index in [-0.39, 0.29) is 19.0 Å². The highest BCUT2D eigenvalue weighted by atomic mass is 16.6. The number of nitrogens with two attached hydrogens (primary N) is 1. The molecule has 1 aromatic heterocycles. The molecule has 1 rings (SSSR count). The van der Waals surface area contributed by atoms with Crippen LogP contribution in [0.3, 0.4) is 0 Å². The summed E-state index contributed by atoms with van der Waals surface area (Å²) in [6, 6.07) is 3.41. The minimum absolute atomic E-state index is 0.159. The molecule has 0 spiro atoms. The Morgan fingerprint density at radius 3 is 2.88 bits per heavy atom. The fourth-order valence-corrected chi connectivity index (χ4v) is 1.10. The van der Waals surface area contributed by atoms with Crippen molar-refractivity contribution in [1.82, 2.24) is 4.98 Å². The zero-order valence-corrected chi connectivity index (χ0v) is 9.31. The lowest BCUT2D eigenvalue weighted by Gasteiger charge is -2.04. The van der Waals surface area contributed by atoms with Crippen LogP contribution in [0.15, 0.2) is 18.3 Å². The van der Waals surface area contributed by atoms with Crippen LogP contribution in [0.5, 0.6) is 0 Å². The Hall–Kier alpha value is -1.62. The molecule has 0 radical (unpaired) electrons. The summed E-state index contributed by atoms with van der Waals surface area (Å²) in [4.78, 5) is 15.3. The second-order valence-electron chi connectivity index (χ2n) is 3.18. The van der Waals surface area contributed by atoms with Crippen LogP contribution in [-0.4, -0.2) is 30.8 Å². The SMILES string of the molecule is CCOCCOC(=O)Cc1ccc(N)cn1. The van der Waals surface area contributed by atoms with Crippen molar-refractivity contribution >= 4 is 11.7 Å². The number of nitrogen functional groups attached to an aromatic ring is 1. The van der Waals surface area contributed by atoms with Crippen molar-refractivity contribution in [3.8, 4) is 0 Å². The predicted octanol–water partition coefficient (Wildman–Crippen LogP) is 0.786. The van der Waals surface area contributed by atoms with Crippen LogP contribution < -0.4 is 5.73 Å². The molecular formula is C11H16N2O3.